The van der Waals surface area contributed by atoms with Gasteiger partial charge in [0, 0.05) is 30.4 Å². The standard InChI is InChI=1S/C18H19N3O2/c1-11-3-4-12(18(23)21-14-6-7-14)9-15(11)16-8-5-13(10-20-16)17(22)19-2/h3-5,8-10,14H,6-7H2,1-2H3,(H,19,22)(H,21,23). The third-order valence-corrected chi connectivity index (χ3v) is 3.94. The van der Waals surface area contributed by atoms with Crippen LogP contribution in [-0.2, 0) is 0 Å². The normalized spacial score (nSPS) is 13.5. The first-order valence-corrected chi connectivity index (χ1v) is 7.68. The molecule has 5 heteroatoms. The Hall–Kier alpha value is -2.69. The van der Waals surface area contributed by atoms with E-state index in [0.29, 0.717) is 17.2 Å². The lowest BCUT2D eigenvalue weighted by molar-refractivity contribution is 0.0947. The van der Waals surface area contributed by atoms with Crippen molar-refractivity contribution in [2.75, 3.05) is 7.05 Å². The van der Waals surface area contributed by atoms with E-state index in [0.717, 1.165) is 29.7 Å². The smallest absolute Gasteiger partial charge is 0.252 e. The van der Waals surface area contributed by atoms with E-state index >= 15 is 0 Å². The number of carbonyl (C=O) groups excluding carboxylic acids is 2. The molecule has 0 unspecified atom stereocenters. The number of hydrogen-bond acceptors (Lipinski definition) is 3. The van der Waals surface area contributed by atoms with Crippen LogP contribution in [0.1, 0.15) is 39.1 Å². The van der Waals surface area contributed by atoms with Crippen molar-refractivity contribution >= 4 is 11.8 Å². The van der Waals surface area contributed by atoms with Crippen LogP contribution in [0.4, 0.5) is 0 Å². The highest BCUT2D eigenvalue weighted by Gasteiger charge is 2.24. The SMILES string of the molecule is CNC(=O)c1ccc(-c2cc(C(=O)NC3CC3)ccc2C)nc1. The van der Waals surface area contributed by atoms with Crippen LogP contribution in [0.2, 0.25) is 0 Å². The van der Waals surface area contributed by atoms with Gasteiger partial charge in [0.25, 0.3) is 11.8 Å². The van der Waals surface area contributed by atoms with Crippen molar-refractivity contribution in [3.8, 4) is 11.3 Å². The maximum Gasteiger partial charge on any atom is 0.252 e. The minimum absolute atomic E-state index is 0.0456. The maximum atomic E-state index is 12.2. The van der Waals surface area contributed by atoms with Gasteiger partial charge in [0.15, 0.2) is 0 Å². The summed E-state index contributed by atoms with van der Waals surface area (Å²) in [5.74, 6) is -0.214. The molecule has 0 spiro atoms. The van der Waals surface area contributed by atoms with Crippen LogP contribution in [0.25, 0.3) is 11.3 Å². The summed E-state index contributed by atoms with van der Waals surface area (Å²) in [6.45, 7) is 1.98. The number of pyridine rings is 1. The fraction of sp³-hybridized carbons (Fsp3) is 0.278. The Bertz CT molecular complexity index is 749. The van der Waals surface area contributed by atoms with Crippen molar-refractivity contribution in [1.29, 1.82) is 0 Å². The lowest BCUT2D eigenvalue weighted by Crippen LogP contribution is -2.25. The summed E-state index contributed by atoms with van der Waals surface area (Å²) in [5.41, 5.74) is 3.83. The molecule has 23 heavy (non-hydrogen) atoms. The van der Waals surface area contributed by atoms with Gasteiger partial charge in [0.2, 0.25) is 0 Å². The van der Waals surface area contributed by atoms with Crippen molar-refractivity contribution in [2.24, 2.45) is 0 Å². The molecule has 1 saturated carbocycles. The Kier molecular flexibility index (Phi) is 4.10. The molecule has 0 bridgehead atoms. The van der Waals surface area contributed by atoms with Gasteiger partial charge in [-0.25, -0.2) is 0 Å². The quantitative estimate of drug-likeness (QED) is 0.910. The van der Waals surface area contributed by atoms with Crippen molar-refractivity contribution in [2.45, 2.75) is 25.8 Å². The number of aromatic nitrogens is 1. The molecule has 2 aromatic rings. The second-order valence-electron chi connectivity index (χ2n) is 5.79. The van der Waals surface area contributed by atoms with E-state index in [1.54, 1.807) is 25.4 Å². The van der Waals surface area contributed by atoms with Gasteiger partial charge < -0.3 is 10.6 Å². The molecule has 1 aliphatic rings. The third-order valence-electron chi connectivity index (χ3n) is 3.94. The Morgan fingerprint density at radius 1 is 1.09 bits per heavy atom. The number of nitrogens with one attached hydrogen (secondary N) is 2. The lowest BCUT2D eigenvalue weighted by Gasteiger charge is -2.09. The van der Waals surface area contributed by atoms with Gasteiger partial charge in [-0.1, -0.05) is 6.07 Å². The van der Waals surface area contributed by atoms with Crippen molar-refractivity contribution in [1.82, 2.24) is 15.6 Å². The predicted octanol–water partition coefficient (Wildman–Crippen LogP) is 2.31. The molecule has 2 amide bonds. The van der Waals surface area contributed by atoms with E-state index in [9.17, 15) is 9.59 Å². The van der Waals surface area contributed by atoms with Gasteiger partial charge in [-0.05, 0) is 49.6 Å². The first kappa shape index (κ1) is 15.2. The molecule has 1 fully saturated rings. The molecule has 1 aromatic carbocycles. The van der Waals surface area contributed by atoms with Crippen LogP contribution >= 0.6 is 0 Å². The minimum Gasteiger partial charge on any atom is -0.355 e. The zero-order valence-corrected chi connectivity index (χ0v) is 13.2. The molecule has 2 N–H and O–H groups in total. The van der Waals surface area contributed by atoms with Crippen molar-refractivity contribution < 1.29 is 9.59 Å². The van der Waals surface area contributed by atoms with Gasteiger partial charge >= 0.3 is 0 Å². The van der Waals surface area contributed by atoms with Crippen LogP contribution in [0, 0.1) is 6.92 Å². The van der Waals surface area contributed by atoms with Crippen LogP contribution in [0.3, 0.4) is 0 Å². The average molecular weight is 309 g/mol. The van der Waals surface area contributed by atoms with Crippen LogP contribution < -0.4 is 10.6 Å². The second kappa shape index (κ2) is 6.20. The van der Waals surface area contributed by atoms with E-state index < -0.39 is 0 Å². The highest BCUT2D eigenvalue weighted by Crippen LogP contribution is 2.24. The van der Waals surface area contributed by atoms with Gasteiger partial charge in [-0.2, -0.15) is 0 Å². The first-order chi connectivity index (χ1) is 11.1. The molecule has 5 nitrogen and oxygen atoms in total. The summed E-state index contributed by atoms with van der Waals surface area (Å²) in [5, 5.41) is 5.56. The zero-order chi connectivity index (χ0) is 16.4. The van der Waals surface area contributed by atoms with Crippen LogP contribution in [0.5, 0.6) is 0 Å². The molecule has 0 aliphatic heterocycles. The first-order valence-electron chi connectivity index (χ1n) is 7.68. The average Bonchev–Trinajstić information content (AvgIpc) is 3.38. The maximum absolute atomic E-state index is 12.2. The van der Waals surface area contributed by atoms with Gasteiger partial charge in [0.05, 0.1) is 11.3 Å². The molecular formula is C18H19N3O2. The van der Waals surface area contributed by atoms with E-state index in [2.05, 4.69) is 15.6 Å². The van der Waals surface area contributed by atoms with Crippen LogP contribution in [-0.4, -0.2) is 29.9 Å². The number of amides is 2. The summed E-state index contributed by atoms with van der Waals surface area (Å²) in [6, 6.07) is 9.47. The molecule has 118 valence electrons. The largest absolute Gasteiger partial charge is 0.355 e. The van der Waals surface area contributed by atoms with Crippen LogP contribution in [0.15, 0.2) is 36.5 Å². The summed E-state index contributed by atoms with van der Waals surface area (Å²) in [6.07, 6.45) is 3.67. The molecule has 1 heterocycles. The monoisotopic (exact) mass is 309 g/mol. The Morgan fingerprint density at radius 3 is 2.43 bits per heavy atom. The fourth-order valence-corrected chi connectivity index (χ4v) is 2.37. The molecule has 3 rings (SSSR count). The summed E-state index contributed by atoms with van der Waals surface area (Å²) < 4.78 is 0. The third kappa shape index (κ3) is 3.39. The minimum atomic E-state index is -0.168. The highest BCUT2D eigenvalue weighted by molar-refractivity contribution is 5.96. The van der Waals surface area contributed by atoms with E-state index in [-0.39, 0.29) is 11.8 Å². The topological polar surface area (TPSA) is 71.1 Å². The van der Waals surface area contributed by atoms with Gasteiger partial charge in [0.1, 0.15) is 0 Å². The highest BCUT2D eigenvalue weighted by atomic mass is 16.2. The predicted molar refractivity (Wildman–Crippen MR) is 88.3 cm³/mol. The molecule has 1 aromatic heterocycles. The van der Waals surface area contributed by atoms with E-state index in [1.165, 1.54) is 0 Å². The van der Waals surface area contributed by atoms with E-state index in [4.69, 9.17) is 0 Å². The summed E-state index contributed by atoms with van der Waals surface area (Å²) >= 11 is 0. The number of aryl methyl sites for hydroxylation is 1. The molecule has 0 radical (unpaired) electrons. The molecule has 0 atom stereocenters. The Balaban J connectivity index is 1.88. The molecule has 0 saturated heterocycles. The number of carbonyl (C=O) groups is 2. The number of rotatable bonds is 4. The number of hydrogen-bond donors (Lipinski definition) is 2. The van der Waals surface area contributed by atoms with Gasteiger partial charge in [-0.3, -0.25) is 14.6 Å². The Labute approximate surface area is 135 Å². The Morgan fingerprint density at radius 2 is 1.83 bits per heavy atom. The zero-order valence-electron chi connectivity index (χ0n) is 13.2. The summed E-state index contributed by atoms with van der Waals surface area (Å²) in [4.78, 5) is 28.1. The van der Waals surface area contributed by atoms with Crippen molar-refractivity contribution in [3.05, 3.63) is 53.2 Å². The number of nitrogens with zero attached hydrogens (tertiary/aromatic N) is 1. The summed E-state index contributed by atoms with van der Waals surface area (Å²) in [7, 11) is 1.59. The van der Waals surface area contributed by atoms with Crippen molar-refractivity contribution in [3.63, 3.8) is 0 Å². The number of benzene rings is 1. The molecule has 1 aliphatic carbocycles. The lowest BCUT2D eigenvalue weighted by atomic mass is 10.0. The van der Waals surface area contributed by atoms with Gasteiger partial charge in [-0.15, -0.1) is 0 Å². The van der Waals surface area contributed by atoms with E-state index in [1.807, 2.05) is 25.1 Å². The molecular weight excluding hydrogens is 290 g/mol. The fourth-order valence-electron chi connectivity index (χ4n) is 2.37. The second-order valence-corrected chi connectivity index (χ2v) is 5.79.